The lowest BCUT2D eigenvalue weighted by Gasteiger charge is -2.43. The van der Waals surface area contributed by atoms with E-state index >= 15 is 0 Å². The predicted molar refractivity (Wildman–Crippen MR) is 82.0 cm³/mol. The average molecular weight is 297 g/mol. The highest BCUT2D eigenvalue weighted by Gasteiger charge is 2.28. The number of piperazine rings is 1. The van der Waals surface area contributed by atoms with Gasteiger partial charge in [0.15, 0.2) is 0 Å². The normalized spacial score (nSPS) is 17.3. The van der Waals surface area contributed by atoms with Gasteiger partial charge in [0.05, 0.1) is 16.3 Å². The van der Waals surface area contributed by atoms with E-state index < -0.39 is 5.97 Å². The highest BCUT2D eigenvalue weighted by Crippen LogP contribution is 2.31. The summed E-state index contributed by atoms with van der Waals surface area (Å²) in [7, 11) is 0. The quantitative estimate of drug-likeness (QED) is 0.911. The smallest absolute Gasteiger partial charge is 0.337 e. The molecule has 1 aliphatic heterocycles. The molecule has 0 bridgehead atoms. The van der Waals surface area contributed by atoms with Gasteiger partial charge in [-0.3, -0.25) is 4.90 Å². The lowest BCUT2D eigenvalue weighted by molar-refractivity contribution is 0.0696. The summed E-state index contributed by atoms with van der Waals surface area (Å²) in [6.45, 7) is 9.99. The fourth-order valence-electron chi connectivity index (χ4n) is 2.61. The molecule has 0 atom stereocenters. The number of carboxylic acids is 1. The maximum absolute atomic E-state index is 11.3. The molecule has 20 heavy (non-hydrogen) atoms. The third-order valence-corrected chi connectivity index (χ3v) is 4.07. The SMILES string of the molecule is CC(C)(C)N1CCN(c2c(Cl)cccc2C(=O)O)CC1. The second-order valence-electron chi connectivity index (χ2n) is 6.09. The van der Waals surface area contributed by atoms with Gasteiger partial charge in [-0.2, -0.15) is 0 Å². The molecule has 0 aliphatic carbocycles. The molecular formula is C15H21ClN2O2. The number of rotatable bonds is 2. The molecule has 2 rings (SSSR count). The molecule has 1 N–H and O–H groups in total. The molecule has 0 aromatic heterocycles. The molecule has 0 radical (unpaired) electrons. The number of halogens is 1. The van der Waals surface area contributed by atoms with Gasteiger partial charge in [0.1, 0.15) is 0 Å². The highest BCUT2D eigenvalue weighted by atomic mass is 35.5. The molecule has 4 nitrogen and oxygen atoms in total. The Balaban J connectivity index is 2.21. The van der Waals surface area contributed by atoms with Gasteiger partial charge in [-0.25, -0.2) is 4.79 Å². The first-order valence-corrected chi connectivity index (χ1v) is 7.20. The summed E-state index contributed by atoms with van der Waals surface area (Å²) >= 11 is 6.21. The van der Waals surface area contributed by atoms with E-state index in [1.807, 2.05) is 0 Å². The van der Waals surface area contributed by atoms with E-state index in [2.05, 4.69) is 30.6 Å². The van der Waals surface area contributed by atoms with E-state index in [1.165, 1.54) is 0 Å². The largest absolute Gasteiger partial charge is 0.478 e. The minimum Gasteiger partial charge on any atom is -0.478 e. The number of anilines is 1. The standard InChI is InChI=1S/C15H21ClN2O2/c1-15(2,3)18-9-7-17(8-10-18)13-11(14(19)20)5-4-6-12(13)16/h4-6H,7-10H2,1-3H3,(H,19,20). The zero-order chi connectivity index (χ0) is 14.9. The van der Waals surface area contributed by atoms with Crippen molar-refractivity contribution in [3.63, 3.8) is 0 Å². The van der Waals surface area contributed by atoms with Gasteiger partial charge in [0, 0.05) is 31.7 Å². The Morgan fingerprint density at radius 1 is 1.20 bits per heavy atom. The molecule has 110 valence electrons. The fourth-order valence-corrected chi connectivity index (χ4v) is 2.90. The van der Waals surface area contributed by atoms with Gasteiger partial charge in [-0.15, -0.1) is 0 Å². The van der Waals surface area contributed by atoms with Crippen LogP contribution in [0.25, 0.3) is 0 Å². The number of nitrogens with zero attached hydrogens (tertiary/aromatic N) is 2. The van der Waals surface area contributed by atoms with Gasteiger partial charge in [-0.05, 0) is 32.9 Å². The zero-order valence-corrected chi connectivity index (χ0v) is 12.9. The van der Waals surface area contributed by atoms with Crippen LogP contribution in [-0.2, 0) is 0 Å². The Kier molecular flexibility index (Phi) is 4.25. The van der Waals surface area contributed by atoms with E-state index in [4.69, 9.17) is 11.6 Å². The first-order valence-electron chi connectivity index (χ1n) is 6.82. The van der Waals surface area contributed by atoms with Gasteiger partial charge in [-0.1, -0.05) is 17.7 Å². The van der Waals surface area contributed by atoms with Gasteiger partial charge in [0.25, 0.3) is 0 Å². The third-order valence-electron chi connectivity index (χ3n) is 3.76. The van der Waals surface area contributed by atoms with Gasteiger partial charge in [0.2, 0.25) is 0 Å². The van der Waals surface area contributed by atoms with Gasteiger partial charge < -0.3 is 10.0 Å². The zero-order valence-electron chi connectivity index (χ0n) is 12.2. The highest BCUT2D eigenvalue weighted by molar-refractivity contribution is 6.34. The van der Waals surface area contributed by atoms with Crippen molar-refractivity contribution in [2.24, 2.45) is 0 Å². The fraction of sp³-hybridized carbons (Fsp3) is 0.533. The van der Waals surface area contributed by atoms with Crippen molar-refractivity contribution in [2.45, 2.75) is 26.3 Å². The van der Waals surface area contributed by atoms with Crippen molar-refractivity contribution in [3.05, 3.63) is 28.8 Å². The van der Waals surface area contributed by atoms with Crippen LogP contribution in [0.15, 0.2) is 18.2 Å². The summed E-state index contributed by atoms with van der Waals surface area (Å²) in [6, 6.07) is 5.04. The summed E-state index contributed by atoms with van der Waals surface area (Å²) in [6.07, 6.45) is 0. The summed E-state index contributed by atoms with van der Waals surface area (Å²) in [5.41, 5.74) is 1.07. The molecule has 1 aromatic rings. The van der Waals surface area contributed by atoms with Gasteiger partial charge >= 0.3 is 5.97 Å². The van der Waals surface area contributed by atoms with E-state index in [9.17, 15) is 9.90 Å². The van der Waals surface area contributed by atoms with Crippen molar-refractivity contribution in [3.8, 4) is 0 Å². The Labute approximate surface area is 124 Å². The third kappa shape index (κ3) is 3.07. The lowest BCUT2D eigenvalue weighted by Crippen LogP contribution is -2.53. The van der Waals surface area contributed by atoms with Crippen LogP contribution in [0, 0.1) is 0 Å². The lowest BCUT2D eigenvalue weighted by atomic mass is 10.0. The molecule has 0 amide bonds. The number of hydrogen-bond donors (Lipinski definition) is 1. The van der Waals surface area contributed by atoms with E-state index in [-0.39, 0.29) is 11.1 Å². The predicted octanol–water partition coefficient (Wildman–Crippen LogP) is 2.96. The first kappa shape index (κ1) is 15.1. The molecule has 1 heterocycles. The van der Waals surface area contributed by atoms with Crippen LogP contribution >= 0.6 is 11.6 Å². The maximum atomic E-state index is 11.3. The number of benzene rings is 1. The second-order valence-corrected chi connectivity index (χ2v) is 6.49. The molecule has 1 aliphatic rings. The second kappa shape index (κ2) is 5.62. The summed E-state index contributed by atoms with van der Waals surface area (Å²) in [5, 5.41) is 9.81. The molecule has 1 fully saturated rings. The number of carbonyl (C=O) groups is 1. The summed E-state index contributed by atoms with van der Waals surface area (Å²) in [5.74, 6) is -0.930. The molecule has 0 saturated carbocycles. The summed E-state index contributed by atoms with van der Waals surface area (Å²) in [4.78, 5) is 15.8. The Morgan fingerprint density at radius 3 is 2.30 bits per heavy atom. The molecule has 0 spiro atoms. The average Bonchev–Trinajstić information content (AvgIpc) is 2.37. The van der Waals surface area contributed by atoms with Crippen molar-refractivity contribution < 1.29 is 9.90 Å². The monoisotopic (exact) mass is 296 g/mol. The van der Waals surface area contributed by atoms with Crippen molar-refractivity contribution >= 4 is 23.3 Å². The minimum absolute atomic E-state index is 0.141. The first-order chi connectivity index (χ1) is 9.30. The van der Waals surface area contributed by atoms with Crippen molar-refractivity contribution in [1.29, 1.82) is 0 Å². The van der Waals surface area contributed by atoms with Crippen LogP contribution in [0.2, 0.25) is 5.02 Å². The van der Waals surface area contributed by atoms with Crippen LogP contribution in [0.3, 0.4) is 0 Å². The number of carboxylic acid groups (broad SMARTS) is 1. The van der Waals surface area contributed by atoms with Crippen LogP contribution in [0.1, 0.15) is 31.1 Å². The molecule has 5 heteroatoms. The Bertz CT molecular complexity index is 503. The summed E-state index contributed by atoms with van der Waals surface area (Å²) < 4.78 is 0. The van der Waals surface area contributed by atoms with Crippen LogP contribution in [0.4, 0.5) is 5.69 Å². The van der Waals surface area contributed by atoms with Crippen LogP contribution < -0.4 is 4.90 Å². The molecule has 1 saturated heterocycles. The Morgan fingerprint density at radius 2 is 1.80 bits per heavy atom. The van der Waals surface area contributed by atoms with E-state index in [0.29, 0.717) is 10.7 Å². The van der Waals surface area contributed by atoms with E-state index in [1.54, 1.807) is 18.2 Å². The minimum atomic E-state index is -0.930. The van der Waals surface area contributed by atoms with Crippen molar-refractivity contribution in [1.82, 2.24) is 4.90 Å². The maximum Gasteiger partial charge on any atom is 0.337 e. The van der Waals surface area contributed by atoms with E-state index in [0.717, 1.165) is 26.2 Å². The number of hydrogen-bond acceptors (Lipinski definition) is 3. The molecule has 0 unspecified atom stereocenters. The topological polar surface area (TPSA) is 43.8 Å². The van der Waals surface area contributed by atoms with Crippen LogP contribution in [-0.4, -0.2) is 47.7 Å². The number of para-hydroxylation sites is 1. The van der Waals surface area contributed by atoms with Crippen LogP contribution in [0.5, 0.6) is 0 Å². The Hall–Kier alpha value is -1.26. The molecular weight excluding hydrogens is 276 g/mol. The number of aromatic carboxylic acids is 1. The molecule has 1 aromatic carbocycles. The van der Waals surface area contributed by atoms with Crippen molar-refractivity contribution in [2.75, 3.05) is 31.1 Å².